The van der Waals surface area contributed by atoms with Crippen molar-refractivity contribution in [1.82, 2.24) is 19.9 Å². The Morgan fingerprint density at radius 2 is 2.25 bits per heavy atom. The summed E-state index contributed by atoms with van der Waals surface area (Å²) in [4.78, 5) is 13.2. The van der Waals surface area contributed by atoms with E-state index in [0.29, 0.717) is 18.7 Å². The van der Waals surface area contributed by atoms with Crippen molar-refractivity contribution in [3.63, 3.8) is 0 Å². The van der Waals surface area contributed by atoms with E-state index in [0.717, 1.165) is 0 Å². The normalized spacial score (nSPS) is 20.2. The highest BCUT2D eigenvalue weighted by atomic mass is 19.4. The number of alkyl halides is 3. The van der Waals surface area contributed by atoms with E-state index in [2.05, 4.69) is 10.3 Å². The first kappa shape index (κ1) is 14.8. The summed E-state index contributed by atoms with van der Waals surface area (Å²) >= 11 is 0. The maximum Gasteiger partial charge on any atom is 0.393 e. The Hall–Kier alpha value is -1.64. The van der Waals surface area contributed by atoms with E-state index in [4.69, 9.17) is 5.73 Å². The molecule has 20 heavy (non-hydrogen) atoms. The molecule has 1 fully saturated rings. The fourth-order valence-corrected chi connectivity index (χ4v) is 2.22. The molecule has 0 spiro atoms. The molecule has 1 amide bonds. The first-order chi connectivity index (χ1) is 9.40. The van der Waals surface area contributed by atoms with E-state index in [-0.39, 0.29) is 32.0 Å². The van der Waals surface area contributed by atoms with Crippen LogP contribution in [0, 0.1) is 5.92 Å². The number of carbonyl (C=O) groups excluding carboxylic acids is 1. The van der Waals surface area contributed by atoms with Gasteiger partial charge in [0.1, 0.15) is 6.54 Å². The first-order valence-electron chi connectivity index (χ1n) is 6.33. The lowest BCUT2D eigenvalue weighted by Crippen LogP contribution is -2.45. The summed E-state index contributed by atoms with van der Waals surface area (Å²) < 4.78 is 39.3. The second-order valence-electron chi connectivity index (χ2n) is 4.83. The van der Waals surface area contributed by atoms with Crippen LogP contribution in [-0.2, 0) is 17.9 Å². The number of nitrogens with zero attached hydrogens (tertiary/aromatic N) is 4. The number of carbonyl (C=O) groups is 1. The van der Waals surface area contributed by atoms with Gasteiger partial charge < -0.3 is 10.6 Å². The van der Waals surface area contributed by atoms with Crippen LogP contribution >= 0.6 is 0 Å². The Kier molecular flexibility index (Phi) is 4.26. The van der Waals surface area contributed by atoms with Crippen molar-refractivity contribution in [2.24, 2.45) is 11.7 Å². The van der Waals surface area contributed by atoms with Crippen LogP contribution in [0.2, 0.25) is 0 Å². The molecule has 2 N–H and O–H groups in total. The van der Waals surface area contributed by atoms with Crippen molar-refractivity contribution in [2.45, 2.75) is 32.1 Å². The third-order valence-electron chi connectivity index (χ3n) is 3.33. The highest BCUT2D eigenvalue weighted by molar-refractivity contribution is 5.76. The lowest BCUT2D eigenvalue weighted by atomic mass is 9.97. The lowest BCUT2D eigenvalue weighted by molar-refractivity contribution is -0.188. The van der Waals surface area contributed by atoms with Crippen LogP contribution in [-0.4, -0.2) is 45.1 Å². The second-order valence-corrected chi connectivity index (χ2v) is 4.83. The molecule has 1 saturated heterocycles. The Morgan fingerprint density at radius 3 is 2.85 bits per heavy atom. The van der Waals surface area contributed by atoms with Crippen molar-refractivity contribution in [1.29, 1.82) is 0 Å². The Balaban J connectivity index is 1.95. The van der Waals surface area contributed by atoms with Gasteiger partial charge in [0.15, 0.2) is 0 Å². The molecule has 2 heterocycles. The second kappa shape index (κ2) is 5.78. The average molecular weight is 291 g/mol. The number of rotatable bonds is 3. The fourth-order valence-electron chi connectivity index (χ4n) is 2.22. The van der Waals surface area contributed by atoms with Crippen LogP contribution in [0.5, 0.6) is 0 Å². The van der Waals surface area contributed by atoms with Crippen LogP contribution in [0.1, 0.15) is 18.5 Å². The van der Waals surface area contributed by atoms with Crippen LogP contribution in [0.3, 0.4) is 0 Å². The Labute approximate surface area is 113 Å². The molecule has 0 saturated carbocycles. The van der Waals surface area contributed by atoms with Crippen molar-refractivity contribution in [3.8, 4) is 0 Å². The smallest absolute Gasteiger partial charge is 0.340 e. The van der Waals surface area contributed by atoms with E-state index in [1.807, 2.05) is 0 Å². The van der Waals surface area contributed by atoms with Crippen LogP contribution in [0.4, 0.5) is 13.2 Å². The van der Waals surface area contributed by atoms with Gasteiger partial charge in [0.25, 0.3) is 0 Å². The van der Waals surface area contributed by atoms with Gasteiger partial charge in [0, 0.05) is 19.6 Å². The lowest BCUT2D eigenvalue weighted by Gasteiger charge is -2.33. The van der Waals surface area contributed by atoms with Gasteiger partial charge in [-0.05, 0) is 12.8 Å². The molecule has 2 rings (SSSR count). The third kappa shape index (κ3) is 3.47. The van der Waals surface area contributed by atoms with E-state index in [1.165, 1.54) is 15.8 Å². The van der Waals surface area contributed by atoms with E-state index in [9.17, 15) is 18.0 Å². The van der Waals surface area contributed by atoms with Gasteiger partial charge in [-0.3, -0.25) is 4.79 Å². The standard InChI is InChI=1S/C11H16F3N5O/c12-11(13,14)8-2-1-3-18(5-8)10(20)7-19-6-9(4-15)16-17-19/h6,8H,1-5,7,15H2. The molecule has 0 radical (unpaired) electrons. The van der Waals surface area contributed by atoms with Crippen molar-refractivity contribution >= 4 is 5.91 Å². The molecule has 9 heteroatoms. The monoisotopic (exact) mass is 291 g/mol. The topological polar surface area (TPSA) is 77.0 Å². The molecule has 112 valence electrons. The predicted molar refractivity (Wildman–Crippen MR) is 63.3 cm³/mol. The van der Waals surface area contributed by atoms with Gasteiger partial charge in [-0.15, -0.1) is 5.10 Å². The predicted octanol–water partition coefficient (Wildman–Crippen LogP) is 0.538. The van der Waals surface area contributed by atoms with Crippen molar-refractivity contribution in [3.05, 3.63) is 11.9 Å². The highest BCUT2D eigenvalue weighted by Gasteiger charge is 2.42. The summed E-state index contributed by atoms with van der Waals surface area (Å²) in [6.45, 7) is 0.163. The largest absolute Gasteiger partial charge is 0.393 e. The minimum Gasteiger partial charge on any atom is -0.340 e. The molecule has 6 nitrogen and oxygen atoms in total. The van der Waals surface area contributed by atoms with Gasteiger partial charge >= 0.3 is 6.18 Å². The number of amides is 1. The van der Waals surface area contributed by atoms with Crippen molar-refractivity contribution < 1.29 is 18.0 Å². The number of nitrogens with two attached hydrogens (primary N) is 1. The molecular formula is C11H16F3N5O. The van der Waals surface area contributed by atoms with E-state index in [1.54, 1.807) is 0 Å². The van der Waals surface area contributed by atoms with Gasteiger partial charge in [0.05, 0.1) is 17.8 Å². The SMILES string of the molecule is NCc1cn(CC(=O)N2CCCC(C(F)(F)F)C2)nn1. The summed E-state index contributed by atoms with van der Waals surface area (Å²) in [7, 11) is 0. The van der Waals surface area contributed by atoms with E-state index >= 15 is 0 Å². The summed E-state index contributed by atoms with van der Waals surface area (Å²) in [5.74, 6) is -1.82. The first-order valence-corrected chi connectivity index (χ1v) is 6.33. The Morgan fingerprint density at radius 1 is 1.50 bits per heavy atom. The summed E-state index contributed by atoms with van der Waals surface area (Å²) in [5, 5.41) is 7.43. The molecular weight excluding hydrogens is 275 g/mol. The molecule has 1 atom stereocenters. The van der Waals surface area contributed by atoms with Crippen LogP contribution < -0.4 is 5.73 Å². The zero-order chi connectivity index (χ0) is 14.8. The number of likely N-dealkylation sites (tertiary alicyclic amines) is 1. The van der Waals surface area contributed by atoms with Gasteiger partial charge in [-0.25, -0.2) is 4.68 Å². The molecule has 0 bridgehead atoms. The number of hydrogen-bond acceptors (Lipinski definition) is 4. The number of hydrogen-bond donors (Lipinski definition) is 1. The molecule has 1 aliphatic rings. The maximum absolute atomic E-state index is 12.7. The van der Waals surface area contributed by atoms with Crippen LogP contribution in [0.15, 0.2) is 6.20 Å². The maximum atomic E-state index is 12.7. The van der Waals surface area contributed by atoms with Gasteiger partial charge in [0.2, 0.25) is 5.91 Å². The quantitative estimate of drug-likeness (QED) is 0.881. The van der Waals surface area contributed by atoms with E-state index < -0.39 is 12.1 Å². The van der Waals surface area contributed by atoms with Crippen molar-refractivity contribution in [2.75, 3.05) is 13.1 Å². The Bertz CT molecular complexity index is 473. The summed E-state index contributed by atoms with van der Waals surface area (Å²) in [6.07, 6.45) is -2.29. The van der Waals surface area contributed by atoms with Crippen LogP contribution in [0.25, 0.3) is 0 Å². The number of halogens is 3. The minimum absolute atomic E-state index is 0.0773. The highest BCUT2D eigenvalue weighted by Crippen LogP contribution is 2.33. The van der Waals surface area contributed by atoms with Gasteiger partial charge in [-0.2, -0.15) is 13.2 Å². The minimum atomic E-state index is -4.25. The number of aromatic nitrogens is 3. The molecule has 1 aromatic rings. The summed E-state index contributed by atoms with van der Waals surface area (Å²) in [6, 6.07) is 0. The molecule has 0 aromatic carbocycles. The molecule has 1 aromatic heterocycles. The molecule has 1 unspecified atom stereocenters. The fraction of sp³-hybridized carbons (Fsp3) is 0.727. The third-order valence-corrected chi connectivity index (χ3v) is 3.33. The zero-order valence-electron chi connectivity index (χ0n) is 10.8. The van der Waals surface area contributed by atoms with Gasteiger partial charge in [-0.1, -0.05) is 5.21 Å². The number of piperidine rings is 1. The molecule has 0 aliphatic carbocycles. The average Bonchev–Trinajstić information content (AvgIpc) is 2.85. The summed E-state index contributed by atoms with van der Waals surface area (Å²) in [5.41, 5.74) is 5.90. The molecule has 1 aliphatic heterocycles. The zero-order valence-corrected chi connectivity index (χ0v) is 10.8.